The molecule has 0 aliphatic carbocycles. The van der Waals surface area contributed by atoms with Crippen molar-refractivity contribution in [3.05, 3.63) is 0 Å². The molecule has 0 bridgehead atoms. The van der Waals surface area contributed by atoms with Crippen LogP contribution in [0.1, 0.15) is 20.8 Å². The fraction of sp³-hybridized carbons (Fsp3) is 0.900. The van der Waals surface area contributed by atoms with Crippen LogP contribution in [0.3, 0.4) is 0 Å². The van der Waals surface area contributed by atoms with Gasteiger partial charge in [0.25, 0.3) is 0 Å². The summed E-state index contributed by atoms with van der Waals surface area (Å²) in [6, 6.07) is 0. The van der Waals surface area contributed by atoms with Gasteiger partial charge in [-0.25, -0.2) is 8.42 Å². The number of Topliss-reactive ketones (excluding diaryl/α,β-unsaturated/α-hetero) is 1. The Morgan fingerprint density at radius 3 is 1.94 bits per heavy atom. The maximum Gasteiger partial charge on any atom is 0.226 e. The summed E-state index contributed by atoms with van der Waals surface area (Å²) in [5.74, 6) is -0.313. The largest absolute Gasteiger partial charge is 0.304 e. The van der Waals surface area contributed by atoms with E-state index in [0.29, 0.717) is 26.2 Å². The van der Waals surface area contributed by atoms with Gasteiger partial charge in [0.2, 0.25) is 10.0 Å². The zero-order valence-electron chi connectivity index (χ0n) is 10.4. The van der Waals surface area contributed by atoms with Crippen molar-refractivity contribution in [1.29, 1.82) is 0 Å². The standard InChI is InChI=1S/C10H20N2O3S/c1-9(13)10(2,3)16(14,15)12-7-5-11(4)6-8-12/h5-8H2,1-4H3. The van der Waals surface area contributed by atoms with Gasteiger partial charge in [-0.1, -0.05) is 0 Å². The number of hydrogen-bond acceptors (Lipinski definition) is 4. The molecule has 0 radical (unpaired) electrons. The molecular formula is C10H20N2O3S. The van der Waals surface area contributed by atoms with Crippen LogP contribution in [-0.4, -0.2) is 61.4 Å². The molecule has 5 nitrogen and oxygen atoms in total. The lowest BCUT2D eigenvalue weighted by Crippen LogP contribution is -2.54. The predicted octanol–water partition coefficient (Wildman–Crippen LogP) is -0.0688. The summed E-state index contributed by atoms with van der Waals surface area (Å²) in [4.78, 5) is 13.5. The molecule has 0 aromatic rings. The molecule has 0 aromatic carbocycles. The second-order valence-corrected chi connectivity index (χ2v) is 7.26. The smallest absolute Gasteiger partial charge is 0.226 e. The molecule has 1 aliphatic rings. The van der Waals surface area contributed by atoms with Gasteiger partial charge >= 0.3 is 0 Å². The minimum Gasteiger partial charge on any atom is -0.304 e. The number of likely N-dealkylation sites (N-methyl/N-ethyl adjacent to an activating group) is 1. The molecule has 0 spiro atoms. The highest BCUT2D eigenvalue weighted by Gasteiger charge is 2.43. The van der Waals surface area contributed by atoms with Crippen LogP contribution in [-0.2, 0) is 14.8 Å². The Morgan fingerprint density at radius 2 is 1.56 bits per heavy atom. The molecule has 1 rings (SSSR count). The van der Waals surface area contributed by atoms with E-state index in [4.69, 9.17) is 0 Å². The summed E-state index contributed by atoms with van der Waals surface area (Å²) in [5, 5.41) is 0. The van der Waals surface area contributed by atoms with E-state index in [-0.39, 0.29) is 5.78 Å². The van der Waals surface area contributed by atoms with Crippen LogP contribution < -0.4 is 0 Å². The van der Waals surface area contributed by atoms with Crippen LogP contribution in [0.4, 0.5) is 0 Å². The molecule has 94 valence electrons. The second kappa shape index (κ2) is 4.43. The van der Waals surface area contributed by atoms with E-state index >= 15 is 0 Å². The van der Waals surface area contributed by atoms with Crippen molar-refractivity contribution in [2.45, 2.75) is 25.5 Å². The van der Waals surface area contributed by atoms with Gasteiger partial charge in [0, 0.05) is 26.2 Å². The average Bonchev–Trinajstić information content (AvgIpc) is 2.17. The summed E-state index contributed by atoms with van der Waals surface area (Å²) in [7, 11) is -1.57. The normalized spacial score (nSPS) is 21.0. The highest BCUT2D eigenvalue weighted by molar-refractivity contribution is 7.91. The van der Waals surface area contributed by atoms with Crippen LogP contribution in [0.5, 0.6) is 0 Å². The Kier molecular flexibility index (Phi) is 3.76. The third-order valence-corrected chi connectivity index (χ3v) is 5.92. The molecule has 1 aliphatic heterocycles. The first kappa shape index (κ1) is 13.6. The fourth-order valence-electron chi connectivity index (χ4n) is 1.53. The van der Waals surface area contributed by atoms with E-state index in [2.05, 4.69) is 4.90 Å². The Bertz CT molecular complexity index is 368. The number of sulfonamides is 1. The van der Waals surface area contributed by atoms with E-state index in [1.165, 1.54) is 25.1 Å². The van der Waals surface area contributed by atoms with Crippen LogP contribution >= 0.6 is 0 Å². The Labute approximate surface area is 97.5 Å². The van der Waals surface area contributed by atoms with Gasteiger partial charge in [-0.2, -0.15) is 4.31 Å². The van der Waals surface area contributed by atoms with E-state index < -0.39 is 14.8 Å². The minimum atomic E-state index is -3.53. The Balaban J connectivity index is 2.91. The predicted molar refractivity (Wildman–Crippen MR) is 62.7 cm³/mol. The molecule has 0 N–H and O–H groups in total. The molecule has 0 atom stereocenters. The maximum atomic E-state index is 12.2. The number of carbonyl (C=O) groups is 1. The minimum absolute atomic E-state index is 0.313. The molecule has 0 unspecified atom stereocenters. The molecule has 16 heavy (non-hydrogen) atoms. The number of ketones is 1. The summed E-state index contributed by atoms with van der Waals surface area (Å²) in [6.45, 7) is 6.64. The van der Waals surface area contributed by atoms with Gasteiger partial charge in [-0.05, 0) is 27.8 Å². The van der Waals surface area contributed by atoms with Gasteiger partial charge < -0.3 is 4.90 Å². The quantitative estimate of drug-likeness (QED) is 0.701. The van der Waals surface area contributed by atoms with Gasteiger partial charge in [0.15, 0.2) is 5.78 Å². The summed E-state index contributed by atoms with van der Waals surface area (Å²) in [6.07, 6.45) is 0. The summed E-state index contributed by atoms with van der Waals surface area (Å²) < 4.78 is 24.6. The van der Waals surface area contributed by atoms with Crippen LogP contribution in [0.15, 0.2) is 0 Å². The maximum absolute atomic E-state index is 12.2. The van der Waals surface area contributed by atoms with Crippen LogP contribution in [0.2, 0.25) is 0 Å². The highest BCUT2D eigenvalue weighted by atomic mass is 32.2. The van der Waals surface area contributed by atoms with Crippen molar-refractivity contribution in [3.8, 4) is 0 Å². The molecule has 1 heterocycles. The third kappa shape index (κ3) is 2.28. The lowest BCUT2D eigenvalue weighted by atomic mass is 10.1. The zero-order chi connectivity index (χ0) is 12.6. The van der Waals surface area contributed by atoms with Crippen LogP contribution in [0.25, 0.3) is 0 Å². The fourth-order valence-corrected chi connectivity index (χ4v) is 3.19. The van der Waals surface area contributed by atoms with Crippen molar-refractivity contribution in [1.82, 2.24) is 9.21 Å². The van der Waals surface area contributed by atoms with Gasteiger partial charge in [0.05, 0.1) is 0 Å². The second-order valence-electron chi connectivity index (χ2n) is 4.77. The average molecular weight is 248 g/mol. The lowest BCUT2D eigenvalue weighted by molar-refractivity contribution is -0.118. The first-order chi connectivity index (χ1) is 7.19. The molecule has 0 saturated carbocycles. The summed E-state index contributed by atoms with van der Waals surface area (Å²) in [5.41, 5.74) is 0. The zero-order valence-corrected chi connectivity index (χ0v) is 11.2. The molecule has 6 heteroatoms. The first-order valence-electron chi connectivity index (χ1n) is 5.39. The highest BCUT2D eigenvalue weighted by Crippen LogP contribution is 2.23. The van der Waals surface area contributed by atoms with Crippen molar-refractivity contribution >= 4 is 15.8 Å². The first-order valence-corrected chi connectivity index (χ1v) is 6.83. The molecular weight excluding hydrogens is 228 g/mol. The monoisotopic (exact) mass is 248 g/mol. The molecule has 0 amide bonds. The number of hydrogen-bond donors (Lipinski definition) is 0. The van der Waals surface area contributed by atoms with E-state index in [1.54, 1.807) is 0 Å². The molecule has 0 aromatic heterocycles. The Morgan fingerprint density at radius 1 is 1.12 bits per heavy atom. The van der Waals surface area contributed by atoms with Gasteiger partial charge in [-0.3, -0.25) is 4.79 Å². The number of carbonyl (C=O) groups excluding carboxylic acids is 1. The number of rotatable bonds is 3. The van der Waals surface area contributed by atoms with Crippen molar-refractivity contribution in [3.63, 3.8) is 0 Å². The van der Waals surface area contributed by atoms with Crippen molar-refractivity contribution in [2.75, 3.05) is 33.2 Å². The van der Waals surface area contributed by atoms with E-state index in [1.807, 2.05) is 7.05 Å². The summed E-state index contributed by atoms with van der Waals surface area (Å²) >= 11 is 0. The number of nitrogens with zero attached hydrogens (tertiary/aromatic N) is 2. The lowest BCUT2D eigenvalue weighted by Gasteiger charge is -2.36. The van der Waals surface area contributed by atoms with E-state index in [0.717, 1.165) is 0 Å². The Hall–Kier alpha value is -0.460. The molecule has 1 fully saturated rings. The topological polar surface area (TPSA) is 57.7 Å². The van der Waals surface area contributed by atoms with Crippen LogP contribution in [0, 0.1) is 0 Å². The van der Waals surface area contributed by atoms with Crippen molar-refractivity contribution in [2.24, 2.45) is 0 Å². The van der Waals surface area contributed by atoms with E-state index in [9.17, 15) is 13.2 Å². The van der Waals surface area contributed by atoms with Crippen molar-refractivity contribution < 1.29 is 13.2 Å². The SMILES string of the molecule is CC(=O)C(C)(C)S(=O)(=O)N1CCN(C)CC1. The van der Waals surface area contributed by atoms with Gasteiger partial charge in [-0.15, -0.1) is 0 Å². The number of piperazine rings is 1. The van der Waals surface area contributed by atoms with Gasteiger partial charge in [0.1, 0.15) is 4.75 Å². The third-order valence-electron chi connectivity index (χ3n) is 3.29. The molecule has 1 saturated heterocycles.